The van der Waals surface area contributed by atoms with Crippen LogP contribution in [0.25, 0.3) is 0 Å². The Bertz CT molecular complexity index is 403. The average Bonchev–Trinajstić information content (AvgIpc) is 2.38. The van der Waals surface area contributed by atoms with Crippen molar-refractivity contribution in [1.82, 2.24) is 10.6 Å². The van der Waals surface area contributed by atoms with Gasteiger partial charge >= 0.3 is 0 Å². The molecule has 1 amide bonds. The van der Waals surface area contributed by atoms with Crippen molar-refractivity contribution < 1.29 is 4.79 Å². The highest BCUT2D eigenvalue weighted by Crippen LogP contribution is 2.12. The van der Waals surface area contributed by atoms with Crippen LogP contribution in [0.4, 0.5) is 0 Å². The summed E-state index contributed by atoms with van der Waals surface area (Å²) < 4.78 is 1.02. The van der Waals surface area contributed by atoms with E-state index in [0.717, 1.165) is 29.7 Å². The Hall–Kier alpha value is -0.870. The van der Waals surface area contributed by atoms with E-state index in [9.17, 15) is 4.79 Å². The maximum atomic E-state index is 11.8. The third kappa shape index (κ3) is 4.42. The van der Waals surface area contributed by atoms with E-state index in [1.54, 1.807) is 0 Å². The molecule has 0 aromatic heterocycles. The van der Waals surface area contributed by atoms with Crippen LogP contribution >= 0.6 is 15.9 Å². The first-order valence-electron chi connectivity index (χ1n) is 6.46. The maximum absolute atomic E-state index is 11.8. The second-order valence-corrected chi connectivity index (χ2v) is 5.74. The molecular weight excluding hydrogens is 292 g/mol. The molecule has 1 fully saturated rings. The van der Waals surface area contributed by atoms with E-state index < -0.39 is 0 Å². The van der Waals surface area contributed by atoms with Gasteiger partial charge in [-0.2, -0.15) is 0 Å². The molecule has 1 heterocycles. The number of nitrogens with one attached hydrogen (secondary N) is 2. The molecule has 0 saturated carbocycles. The molecule has 1 aliphatic heterocycles. The molecule has 0 aliphatic carbocycles. The van der Waals surface area contributed by atoms with Crippen molar-refractivity contribution >= 4 is 21.8 Å². The summed E-state index contributed by atoms with van der Waals surface area (Å²) in [6, 6.07) is 7.89. The van der Waals surface area contributed by atoms with Gasteiger partial charge in [0.2, 0.25) is 5.91 Å². The van der Waals surface area contributed by atoms with Crippen LogP contribution in [0.1, 0.15) is 18.4 Å². The van der Waals surface area contributed by atoms with Crippen molar-refractivity contribution in [3.63, 3.8) is 0 Å². The first-order valence-corrected chi connectivity index (χ1v) is 7.25. The summed E-state index contributed by atoms with van der Waals surface area (Å²) in [5.41, 5.74) is 1.05. The molecule has 1 saturated heterocycles. The van der Waals surface area contributed by atoms with Gasteiger partial charge in [-0.25, -0.2) is 0 Å². The predicted octanol–water partition coefficient (Wildman–Crippen LogP) is 2.11. The van der Waals surface area contributed by atoms with Gasteiger partial charge in [-0.3, -0.25) is 4.79 Å². The van der Waals surface area contributed by atoms with Crippen molar-refractivity contribution in [2.75, 3.05) is 19.6 Å². The number of hydrogen-bond donors (Lipinski definition) is 2. The quantitative estimate of drug-likeness (QED) is 0.894. The molecule has 1 aliphatic rings. The Morgan fingerprint density at radius 1 is 1.50 bits per heavy atom. The lowest BCUT2D eigenvalue weighted by Gasteiger charge is -2.22. The van der Waals surface area contributed by atoms with Gasteiger partial charge in [0.1, 0.15) is 0 Å². The molecule has 4 heteroatoms. The van der Waals surface area contributed by atoms with Crippen LogP contribution in [0.5, 0.6) is 0 Å². The highest BCUT2D eigenvalue weighted by Gasteiger charge is 2.13. The van der Waals surface area contributed by atoms with Gasteiger partial charge in [-0.1, -0.05) is 28.1 Å². The van der Waals surface area contributed by atoms with Crippen molar-refractivity contribution in [2.24, 2.45) is 5.92 Å². The number of amides is 1. The molecule has 98 valence electrons. The summed E-state index contributed by atoms with van der Waals surface area (Å²) in [4.78, 5) is 11.8. The Morgan fingerprint density at radius 3 is 3.11 bits per heavy atom. The largest absolute Gasteiger partial charge is 0.355 e. The van der Waals surface area contributed by atoms with Crippen LogP contribution in [0.3, 0.4) is 0 Å². The number of halogens is 1. The van der Waals surface area contributed by atoms with Gasteiger partial charge in [0.15, 0.2) is 0 Å². The summed E-state index contributed by atoms with van der Waals surface area (Å²) in [7, 11) is 0. The van der Waals surface area contributed by atoms with E-state index in [1.165, 1.54) is 12.8 Å². The topological polar surface area (TPSA) is 41.1 Å². The van der Waals surface area contributed by atoms with Crippen molar-refractivity contribution in [3.8, 4) is 0 Å². The molecule has 0 spiro atoms. The van der Waals surface area contributed by atoms with Crippen LogP contribution in [0.15, 0.2) is 28.7 Å². The summed E-state index contributed by atoms with van der Waals surface area (Å²) in [5.74, 6) is 0.698. The summed E-state index contributed by atoms with van der Waals surface area (Å²) >= 11 is 3.41. The molecule has 1 unspecified atom stereocenters. The zero-order valence-corrected chi connectivity index (χ0v) is 12.0. The highest BCUT2D eigenvalue weighted by atomic mass is 79.9. The number of hydrogen-bond acceptors (Lipinski definition) is 2. The monoisotopic (exact) mass is 310 g/mol. The molecule has 2 rings (SSSR count). The molecule has 1 aromatic rings. The molecule has 18 heavy (non-hydrogen) atoms. The first-order chi connectivity index (χ1) is 8.74. The highest BCUT2D eigenvalue weighted by molar-refractivity contribution is 9.10. The van der Waals surface area contributed by atoms with Gasteiger partial charge in [0.25, 0.3) is 0 Å². The summed E-state index contributed by atoms with van der Waals surface area (Å²) in [5, 5.41) is 6.38. The third-order valence-electron chi connectivity index (χ3n) is 3.24. The number of piperidine rings is 1. The van der Waals surface area contributed by atoms with Crippen molar-refractivity contribution in [1.29, 1.82) is 0 Å². The van der Waals surface area contributed by atoms with Crippen molar-refractivity contribution in [2.45, 2.75) is 19.3 Å². The zero-order chi connectivity index (χ0) is 12.8. The number of rotatable bonds is 4. The second kappa shape index (κ2) is 6.90. The van der Waals surface area contributed by atoms with E-state index in [4.69, 9.17) is 0 Å². The van der Waals surface area contributed by atoms with Crippen LogP contribution in [-0.4, -0.2) is 25.5 Å². The van der Waals surface area contributed by atoms with Crippen LogP contribution in [-0.2, 0) is 11.2 Å². The molecule has 0 radical (unpaired) electrons. The van der Waals surface area contributed by atoms with E-state index in [-0.39, 0.29) is 5.91 Å². The summed E-state index contributed by atoms with van der Waals surface area (Å²) in [6.45, 7) is 2.93. The third-order valence-corrected chi connectivity index (χ3v) is 3.73. The van der Waals surface area contributed by atoms with E-state index in [2.05, 4.69) is 26.6 Å². The predicted molar refractivity (Wildman–Crippen MR) is 76.4 cm³/mol. The van der Waals surface area contributed by atoms with Gasteiger partial charge in [0, 0.05) is 11.0 Å². The lowest BCUT2D eigenvalue weighted by atomic mass is 10.00. The Balaban J connectivity index is 1.74. The van der Waals surface area contributed by atoms with Crippen molar-refractivity contribution in [3.05, 3.63) is 34.3 Å². The standard InChI is InChI=1S/C14H19BrN2O/c15-13-5-1-3-11(7-13)8-14(18)17-10-12-4-2-6-16-9-12/h1,3,5,7,12,16H,2,4,6,8-10H2,(H,17,18). The second-order valence-electron chi connectivity index (χ2n) is 4.82. The molecule has 3 nitrogen and oxygen atoms in total. The average molecular weight is 311 g/mol. The van der Waals surface area contributed by atoms with Crippen LogP contribution < -0.4 is 10.6 Å². The Kier molecular flexibility index (Phi) is 5.20. The first kappa shape index (κ1) is 13.6. The normalized spacial score (nSPS) is 19.5. The minimum absolute atomic E-state index is 0.110. The van der Waals surface area contributed by atoms with Gasteiger partial charge in [-0.15, -0.1) is 0 Å². The lowest BCUT2D eigenvalue weighted by Crippen LogP contribution is -2.38. The van der Waals surface area contributed by atoms with E-state index in [1.807, 2.05) is 24.3 Å². The fraction of sp³-hybridized carbons (Fsp3) is 0.500. The minimum Gasteiger partial charge on any atom is -0.355 e. The molecule has 1 aromatic carbocycles. The molecule has 1 atom stereocenters. The van der Waals surface area contributed by atoms with Gasteiger partial charge < -0.3 is 10.6 Å². The number of benzene rings is 1. The maximum Gasteiger partial charge on any atom is 0.224 e. The minimum atomic E-state index is 0.110. The molecule has 2 N–H and O–H groups in total. The van der Waals surface area contributed by atoms with E-state index in [0.29, 0.717) is 12.3 Å². The Labute approximate surface area is 116 Å². The SMILES string of the molecule is O=C(Cc1cccc(Br)c1)NCC1CCCNC1. The van der Waals surface area contributed by atoms with Gasteiger partial charge in [-0.05, 0) is 49.5 Å². The smallest absolute Gasteiger partial charge is 0.224 e. The fourth-order valence-corrected chi connectivity index (χ4v) is 2.70. The number of carbonyl (C=O) groups is 1. The number of carbonyl (C=O) groups excluding carboxylic acids is 1. The molecular formula is C14H19BrN2O. The lowest BCUT2D eigenvalue weighted by molar-refractivity contribution is -0.120. The zero-order valence-electron chi connectivity index (χ0n) is 10.4. The summed E-state index contributed by atoms with van der Waals surface area (Å²) in [6.07, 6.45) is 2.88. The van der Waals surface area contributed by atoms with Crippen LogP contribution in [0, 0.1) is 5.92 Å². The van der Waals surface area contributed by atoms with E-state index >= 15 is 0 Å². The van der Waals surface area contributed by atoms with Crippen LogP contribution in [0.2, 0.25) is 0 Å². The fourth-order valence-electron chi connectivity index (χ4n) is 2.25. The Morgan fingerprint density at radius 2 is 2.39 bits per heavy atom. The molecule has 0 bridgehead atoms. The van der Waals surface area contributed by atoms with Gasteiger partial charge in [0.05, 0.1) is 6.42 Å².